The highest BCUT2D eigenvalue weighted by molar-refractivity contribution is 6.05. The number of carbonyl (C=O) groups excluding carboxylic acids is 2. The number of carbonyl (C=O) groups is 2. The molecule has 0 unspecified atom stereocenters. The molecule has 28 heavy (non-hydrogen) atoms. The number of nitrogens with zero attached hydrogens (tertiary/aromatic N) is 1. The maximum Gasteiger partial charge on any atom is 0.257 e. The Morgan fingerprint density at radius 3 is 2.11 bits per heavy atom. The Bertz CT molecular complexity index is 872. The Morgan fingerprint density at radius 1 is 0.893 bits per heavy atom. The highest BCUT2D eigenvalue weighted by Crippen LogP contribution is 2.33. The molecule has 5 heteroatoms. The van der Waals surface area contributed by atoms with Crippen LogP contribution in [0.25, 0.3) is 0 Å². The van der Waals surface area contributed by atoms with Crippen molar-refractivity contribution >= 4 is 23.2 Å². The largest absolute Gasteiger partial charge is 0.345 e. The molecular formula is C23H29N3O2. The van der Waals surface area contributed by atoms with Crippen LogP contribution in [-0.2, 0) is 4.79 Å². The number of aromatic nitrogens is 1. The second kappa shape index (κ2) is 7.82. The summed E-state index contributed by atoms with van der Waals surface area (Å²) in [5.74, 6) is 0.190. The minimum absolute atomic E-state index is 0.0788. The Labute approximate surface area is 166 Å². The normalized spacial score (nSPS) is 17.4. The predicted octanol–water partition coefficient (Wildman–Crippen LogP) is 5.21. The number of aryl methyl sites for hydroxylation is 1. The van der Waals surface area contributed by atoms with Gasteiger partial charge in [0.05, 0.1) is 5.56 Å². The zero-order valence-electron chi connectivity index (χ0n) is 16.8. The predicted molar refractivity (Wildman–Crippen MR) is 112 cm³/mol. The van der Waals surface area contributed by atoms with Crippen LogP contribution in [0.3, 0.4) is 0 Å². The van der Waals surface area contributed by atoms with E-state index < -0.39 is 0 Å². The second-order valence-corrected chi connectivity index (χ2v) is 8.24. The number of hydrogen-bond donors (Lipinski definition) is 2. The van der Waals surface area contributed by atoms with Gasteiger partial charge in [0.25, 0.3) is 5.91 Å². The van der Waals surface area contributed by atoms with Crippen LogP contribution < -0.4 is 10.6 Å². The Balaban J connectivity index is 1.44. The van der Waals surface area contributed by atoms with Crippen molar-refractivity contribution in [1.82, 2.24) is 4.57 Å². The SMILES string of the molecule is Cc1cc(C(=O)Nc2ccc(NC(=O)C3CC3)cc2)c(C)n1C1CCCCC1. The van der Waals surface area contributed by atoms with Crippen molar-refractivity contribution in [3.05, 3.63) is 47.3 Å². The van der Waals surface area contributed by atoms with Gasteiger partial charge in [0, 0.05) is 34.7 Å². The summed E-state index contributed by atoms with van der Waals surface area (Å²) >= 11 is 0. The fraction of sp³-hybridized carbons (Fsp3) is 0.478. The van der Waals surface area contributed by atoms with E-state index in [0.29, 0.717) is 6.04 Å². The lowest BCUT2D eigenvalue weighted by molar-refractivity contribution is -0.117. The molecule has 4 rings (SSSR count). The molecule has 0 atom stereocenters. The highest BCUT2D eigenvalue weighted by atomic mass is 16.2. The van der Waals surface area contributed by atoms with E-state index in [1.165, 1.54) is 32.1 Å². The van der Waals surface area contributed by atoms with Gasteiger partial charge in [0.2, 0.25) is 5.91 Å². The lowest BCUT2D eigenvalue weighted by Crippen LogP contribution is -2.17. The summed E-state index contributed by atoms with van der Waals surface area (Å²) in [6.45, 7) is 4.14. The van der Waals surface area contributed by atoms with Crippen molar-refractivity contribution < 1.29 is 9.59 Å². The van der Waals surface area contributed by atoms with Gasteiger partial charge in [-0.05, 0) is 69.9 Å². The summed E-state index contributed by atoms with van der Waals surface area (Å²) in [6, 6.07) is 9.86. The molecule has 0 radical (unpaired) electrons. The molecule has 1 aromatic heterocycles. The molecule has 0 aliphatic heterocycles. The zero-order chi connectivity index (χ0) is 19.7. The molecule has 2 saturated carbocycles. The average Bonchev–Trinajstić information content (AvgIpc) is 3.49. The smallest absolute Gasteiger partial charge is 0.257 e. The van der Waals surface area contributed by atoms with Crippen molar-refractivity contribution in [2.45, 2.75) is 64.8 Å². The Morgan fingerprint density at radius 2 is 1.50 bits per heavy atom. The molecule has 5 nitrogen and oxygen atoms in total. The maximum atomic E-state index is 12.8. The summed E-state index contributed by atoms with van der Waals surface area (Å²) < 4.78 is 2.35. The van der Waals surface area contributed by atoms with Gasteiger partial charge in [-0.3, -0.25) is 9.59 Å². The molecule has 2 aliphatic rings. The summed E-state index contributed by atoms with van der Waals surface area (Å²) in [5, 5.41) is 5.91. The fourth-order valence-corrected chi connectivity index (χ4v) is 4.33. The van der Waals surface area contributed by atoms with E-state index in [2.05, 4.69) is 22.1 Å². The van der Waals surface area contributed by atoms with Crippen LogP contribution in [-0.4, -0.2) is 16.4 Å². The van der Waals surface area contributed by atoms with Crippen molar-refractivity contribution in [1.29, 1.82) is 0 Å². The third-order valence-corrected chi connectivity index (χ3v) is 6.03. The van der Waals surface area contributed by atoms with Crippen molar-refractivity contribution in [2.75, 3.05) is 10.6 Å². The zero-order valence-corrected chi connectivity index (χ0v) is 16.8. The van der Waals surface area contributed by atoms with Gasteiger partial charge in [-0.2, -0.15) is 0 Å². The number of nitrogens with one attached hydrogen (secondary N) is 2. The van der Waals surface area contributed by atoms with Crippen LogP contribution in [0.5, 0.6) is 0 Å². The lowest BCUT2D eigenvalue weighted by atomic mass is 9.95. The molecule has 148 valence electrons. The van der Waals surface area contributed by atoms with Gasteiger partial charge in [-0.1, -0.05) is 19.3 Å². The topological polar surface area (TPSA) is 63.1 Å². The molecule has 2 fully saturated rings. The van der Waals surface area contributed by atoms with E-state index >= 15 is 0 Å². The first-order chi connectivity index (χ1) is 13.5. The number of rotatable bonds is 5. The number of anilines is 2. The first-order valence-corrected chi connectivity index (χ1v) is 10.4. The van der Waals surface area contributed by atoms with Gasteiger partial charge < -0.3 is 15.2 Å². The van der Waals surface area contributed by atoms with Crippen LogP contribution in [0.15, 0.2) is 30.3 Å². The first-order valence-electron chi connectivity index (χ1n) is 10.4. The van der Waals surface area contributed by atoms with Crippen LogP contribution in [0, 0.1) is 19.8 Å². The minimum atomic E-state index is -0.0788. The standard InChI is InChI=1S/C23H29N3O2/c1-15-14-21(16(2)26(15)20-6-4-3-5-7-20)23(28)25-19-12-10-18(11-13-19)24-22(27)17-8-9-17/h10-14,17,20H,3-9H2,1-2H3,(H,24,27)(H,25,28). The molecule has 0 saturated heterocycles. The molecule has 1 heterocycles. The summed E-state index contributed by atoms with van der Waals surface area (Å²) in [4.78, 5) is 24.7. The van der Waals surface area contributed by atoms with Crippen molar-refractivity contribution in [2.24, 2.45) is 5.92 Å². The molecular weight excluding hydrogens is 350 g/mol. The van der Waals surface area contributed by atoms with E-state index in [1.54, 1.807) is 0 Å². The maximum absolute atomic E-state index is 12.8. The molecule has 0 bridgehead atoms. The van der Waals surface area contributed by atoms with Crippen LogP contribution >= 0.6 is 0 Å². The van der Waals surface area contributed by atoms with Gasteiger partial charge >= 0.3 is 0 Å². The quantitative estimate of drug-likeness (QED) is 0.749. The Hall–Kier alpha value is -2.56. The van der Waals surface area contributed by atoms with E-state index in [1.807, 2.05) is 37.3 Å². The molecule has 2 N–H and O–H groups in total. The molecule has 2 amide bonds. The summed E-state index contributed by atoms with van der Waals surface area (Å²) in [7, 11) is 0. The van der Waals surface area contributed by atoms with Gasteiger partial charge in [-0.15, -0.1) is 0 Å². The number of amides is 2. The molecule has 0 spiro atoms. The molecule has 1 aromatic carbocycles. The van der Waals surface area contributed by atoms with E-state index in [0.717, 1.165) is 41.2 Å². The van der Waals surface area contributed by atoms with Gasteiger partial charge in [0.15, 0.2) is 0 Å². The third-order valence-electron chi connectivity index (χ3n) is 6.03. The van der Waals surface area contributed by atoms with Crippen molar-refractivity contribution in [3.63, 3.8) is 0 Å². The number of hydrogen-bond acceptors (Lipinski definition) is 2. The van der Waals surface area contributed by atoms with Crippen LogP contribution in [0.4, 0.5) is 11.4 Å². The van der Waals surface area contributed by atoms with Crippen LogP contribution in [0.1, 0.15) is 72.7 Å². The molecule has 2 aromatic rings. The summed E-state index contributed by atoms with van der Waals surface area (Å²) in [6.07, 6.45) is 8.23. The first kappa shape index (κ1) is 18.8. The van der Waals surface area contributed by atoms with Crippen molar-refractivity contribution in [3.8, 4) is 0 Å². The minimum Gasteiger partial charge on any atom is -0.345 e. The van der Waals surface area contributed by atoms with Gasteiger partial charge in [0.1, 0.15) is 0 Å². The van der Waals surface area contributed by atoms with Crippen LogP contribution in [0.2, 0.25) is 0 Å². The fourth-order valence-electron chi connectivity index (χ4n) is 4.33. The highest BCUT2D eigenvalue weighted by Gasteiger charge is 2.29. The van der Waals surface area contributed by atoms with E-state index in [-0.39, 0.29) is 17.7 Å². The lowest BCUT2D eigenvalue weighted by Gasteiger charge is -2.26. The Kier molecular flexibility index (Phi) is 5.25. The second-order valence-electron chi connectivity index (χ2n) is 8.24. The number of benzene rings is 1. The van der Waals surface area contributed by atoms with E-state index in [9.17, 15) is 9.59 Å². The monoisotopic (exact) mass is 379 g/mol. The average molecular weight is 380 g/mol. The van der Waals surface area contributed by atoms with E-state index in [4.69, 9.17) is 0 Å². The molecule has 2 aliphatic carbocycles. The van der Waals surface area contributed by atoms with Gasteiger partial charge in [-0.25, -0.2) is 0 Å². The summed E-state index contributed by atoms with van der Waals surface area (Å²) in [5.41, 5.74) is 4.46. The third kappa shape index (κ3) is 3.98.